The fraction of sp³-hybridized carbons (Fsp3) is 0.348. The lowest BCUT2D eigenvalue weighted by Gasteiger charge is -2.12. The maximum absolute atomic E-state index is 13.8. The summed E-state index contributed by atoms with van der Waals surface area (Å²) in [6.07, 6.45) is 12.4. The number of esters is 2. The van der Waals surface area contributed by atoms with Gasteiger partial charge in [-0.05, 0) is 49.2 Å². The summed E-state index contributed by atoms with van der Waals surface area (Å²) in [5, 5.41) is 0. The van der Waals surface area contributed by atoms with Crippen molar-refractivity contribution in [2.24, 2.45) is 0 Å². The average molecular weight is 763 g/mol. The summed E-state index contributed by atoms with van der Waals surface area (Å²) in [6, 6.07) is 24.1. The minimum atomic E-state index is -1.15. The molecule has 0 amide bonds. The third-order valence-electron chi connectivity index (χ3n) is 9.16. The molecule has 10 nitrogen and oxygen atoms in total. The second-order valence-electron chi connectivity index (χ2n) is 13.5. The summed E-state index contributed by atoms with van der Waals surface area (Å²) < 4.78 is 11.1. The van der Waals surface area contributed by atoms with Crippen molar-refractivity contribution in [2.45, 2.75) is 104 Å². The van der Waals surface area contributed by atoms with Gasteiger partial charge in [-0.1, -0.05) is 139 Å². The Morgan fingerprint density at radius 2 is 0.679 bits per heavy atom. The number of carbonyl (C=O) groups is 6. The number of ketones is 2. The van der Waals surface area contributed by atoms with Crippen LogP contribution in [0.4, 0.5) is 0 Å². The molecule has 10 heteroatoms. The maximum Gasteiger partial charge on any atom is 0.387 e. The van der Waals surface area contributed by atoms with Gasteiger partial charge in [-0.15, -0.1) is 0 Å². The average Bonchev–Trinajstić information content (AvgIpc) is 3.22. The third-order valence-corrected chi connectivity index (χ3v) is 9.16. The second kappa shape index (κ2) is 23.1. The zero-order valence-electron chi connectivity index (χ0n) is 32.2. The lowest BCUT2D eigenvalue weighted by molar-refractivity contribution is -0.187. The van der Waals surface area contributed by atoms with E-state index in [0.29, 0.717) is 12.8 Å². The monoisotopic (exact) mass is 762 g/mol. The topological polar surface area (TPSA) is 139 Å². The van der Waals surface area contributed by atoms with E-state index in [0.717, 1.165) is 64.2 Å². The van der Waals surface area contributed by atoms with Crippen molar-refractivity contribution >= 4 is 35.4 Å². The summed E-state index contributed by atoms with van der Waals surface area (Å²) >= 11 is 0. The highest BCUT2D eigenvalue weighted by Gasteiger charge is 2.27. The van der Waals surface area contributed by atoms with Crippen LogP contribution in [0.3, 0.4) is 0 Å². The van der Waals surface area contributed by atoms with E-state index in [-0.39, 0.29) is 57.7 Å². The summed E-state index contributed by atoms with van der Waals surface area (Å²) in [5.74, 6) is -4.35. The Morgan fingerprint density at radius 3 is 1.05 bits per heavy atom. The van der Waals surface area contributed by atoms with Gasteiger partial charge in [0.1, 0.15) is 11.5 Å². The molecule has 4 aromatic carbocycles. The van der Waals surface area contributed by atoms with E-state index in [1.807, 2.05) is 0 Å². The second-order valence-corrected chi connectivity index (χ2v) is 13.5. The van der Waals surface area contributed by atoms with Gasteiger partial charge in [0.25, 0.3) is 0 Å². The van der Waals surface area contributed by atoms with Crippen molar-refractivity contribution in [3.05, 3.63) is 130 Å². The van der Waals surface area contributed by atoms with Gasteiger partial charge in [0, 0.05) is 24.0 Å². The van der Waals surface area contributed by atoms with E-state index in [9.17, 15) is 28.8 Å². The van der Waals surface area contributed by atoms with E-state index in [4.69, 9.17) is 19.2 Å². The van der Waals surface area contributed by atoms with Crippen LogP contribution in [-0.4, -0.2) is 35.4 Å². The van der Waals surface area contributed by atoms with Crippen LogP contribution in [-0.2, 0) is 19.4 Å². The van der Waals surface area contributed by atoms with Crippen molar-refractivity contribution in [2.75, 3.05) is 0 Å². The normalized spacial score (nSPS) is 10.7. The highest BCUT2D eigenvalue weighted by atomic mass is 17.2. The zero-order chi connectivity index (χ0) is 40.1. The minimum absolute atomic E-state index is 0.0542. The molecule has 0 unspecified atom stereocenters. The highest BCUT2D eigenvalue weighted by molar-refractivity contribution is 6.17. The van der Waals surface area contributed by atoms with Crippen LogP contribution in [0, 0.1) is 0 Å². The molecule has 0 N–H and O–H groups in total. The number of ether oxygens (including phenoxy) is 2. The van der Waals surface area contributed by atoms with Crippen LogP contribution in [0.15, 0.2) is 97.1 Å². The molecule has 56 heavy (non-hydrogen) atoms. The molecule has 0 aliphatic carbocycles. The van der Waals surface area contributed by atoms with Crippen LogP contribution in [0.25, 0.3) is 0 Å². The Hall–Kier alpha value is -5.90. The SMILES string of the molecule is CCCCCCCCC(=O)Oc1ccccc1C(=O)c1ccccc1C(=O)OOC(=O)c1ccccc1C(=O)c1ccccc1OC(=O)CCCCCCCC. The highest BCUT2D eigenvalue weighted by Crippen LogP contribution is 2.27. The lowest BCUT2D eigenvalue weighted by Crippen LogP contribution is -2.18. The van der Waals surface area contributed by atoms with E-state index in [1.54, 1.807) is 36.4 Å². The van der Waals surface area contributed by atoms with Gasteiger partial charge in [0.2, 0.25) is 0 Å². The summed E-state index contributed by atoms with van der Waals surface area (Å²) in [4.78, 5) is 89.2. The molecule has 0 radical (unpaired) electrons. The first-order chi connectivity index (χ1) is 27.2. The van der Waals surface area contributed by atoms with Gasteiger partial charge in [-0.3, -0.25) is 19.2 Å². The Bertz CT molecular complexity index is 1820. The molecule has 4 rings (SSSR count). The van der Waals surface area contributed by atoms with Gasteiger partial charge >= 0.3 is 23.9 Å². The van der Waals surface area contributed by atoms with Crippen LogP contribution < -0.4 is 9.47 Å². The van der Waals surface area contributed by atoms with Gasteiger partial charge in [-0.25, -0.2) is 19.4 Å². The molecular formula is C46H50O10. The van der Waals surface area contributed by atoms with Crippen molar-refractivity contribution < 1.29 is 48.0 Å². The fourth-order valence-electron chi connectivity index (χ4n) is 6.11. The Balaban J connectivity index is 1.41. The maximum atomic E-state index is 13.8. The van der Waals surface area contributed by atoms with E-state index >= 15 is 0 Å². The number of carbonyl (C=O) groups excluding carboxylic acids is 6. The Labute approximate surface area is 328 Å². The molecule has 4 aromatic rings. The van der Waals surface area contributed by atoms with Crippen molar-refractivity contribution in [3.63, 3.8) is 0 Å². The summed E-state index contributed by atoms with van der Waals surface area (Å²) in [7, 11) is 0. The van der Waals surface area contributed by atoms with Crippen LogP contribution in [0.5, 0.6) is 11.5 Å². The van der Waals surface area contributed by atoms with Gasteiger partial charge < -0.3 is 9.47 Å². The minimum Gasteiger partial charge on any atom is -0.426 e. The zero-order valence-corrected chi connectivity index (χ0v) is 32.2. The molecule has 0 saturated heterocycles. The molecule has 0 spiro atoms. The molecule has 294 valence electrons. The molecule has 0 aromatic heterocycles. The molecule has 0 bridgehead atoms. The first-order valence-electron chi connectivity index (χ1n) is 19.5. The first-order valence-corrected chi connectivity index (χ1v) is 19.5. The first kappa shape index (κ1) is 42.8. The standard InChI is InChI=1S/C46H50O10/c1-3-5-7-9-11-13-31-41(47)53-39-29-21-19-27-37(39)43(49)33-23-15-17-25-35(33)45(51)55-56-46(52)36-26-18-16-24-34(36)44(50)38-28-20-22-30-40(38)54-42(48)32-14-12-10-8-6-4-2/h15-30H,3-14,31-32H2,1-2H3. The molecule has 0 atom stereocenters. The molecular weight excluding hydrogens is 712 g/mol. The van der Waals surface area contributed by atoms with E-state index in [1.165, 1.54) is 60.7 Å². The summed E-state index contributed by atoms with van der Waals surface area (Å²) in [5.41, 5.74) is -0.458. The summed E-state index contributed by atoms with van der Waals surface area (Å²) in [6.45, 7) is 4.28. The predicted molar refractivity (Wildman–Crippen MR) is 211 cm³/mol. The fourth-order valence-corrected chi connectivity index (χ4v) is 6.11. The molecule has 0 saturated carbocycles. The predicted octanol–water partition coefficient (Wildman–Crippen LogP) is 10.4. The van der Waals surface area contributed by atoms with Crippen LogP contribution in [0.2, 0.25) is 0 Å². The lowest BCUT2D eigenvalue weighted by atomic mass is 9.97. The van der Waals surface area contributed by atoms with Crippen LogP contribution in [0.1, 0.15) is 156 Å². The number of hydrogen-bond donors (Lipinski definition) is 0. The van der Waals surface area contributed by atoms with Crippen molar-refractivity contribution in [3.8, 4) is 11.5 Å². The number of unbranched alkanes of at least 4 members (excludes halogenated alkanes) is 10. The van der Waals surface area contributed by atoms with Crippen molar-refractivity contribution in [1.29, 1.82) is 0 Å². The van der Waals surface area contributed by atoms with Crippen molar-refractivity contribution in [1.82, 2.24) is 0 Å². The van der Waals surface area contributed by atoms with Gasteiger partial charge in [0.05, 0.1) is 22.3 Å². The quantitative estimate of drug-likeness (QED) is 0.0190. The number of benzene rings is 4. The molecule has 0 aliphatic rings. The van der Waals surface area contributed by atoms with E-state index in [2.05, 4.69) is 13.8 Å². The molecule has 0 aliphatic heterocycles. The number of rotatable bonds is 22. The van der Waals surface area contributed by atoms with Gasteiger partial charge in [0.15, 0.2) is 11.6 Å². The molecule has 0 fully saturated rings. The third kappa shape index (κ3) is 12.9. The van der Waals surface area contributed by atoms with E-state index < -0.39 is 35.4 Å². The van der Waals surface area contributed by atoms with Crippen LogP contribution >= 0.6 is 0 Å². The van der Waals surface area contributed by atoms with Gasteiger partial charge in [-0.2, -0.15) is 0 Å². The Kier molecular flexibility index (Phi) is 17.7. The Morgan fingerprint density at radius 1 is 0.375 bits per heavy atom. The number of para-hydroxylation sites is 2. The smallest absolute Gasteiger partial charge is 0.387 e. The number of hydrogen-bond acceptors (Lipinski definition) is 10. The largest absolute Gasteiger partial charge is 0.426 e. The molecule has 0 heterocycles.